The van der Waals surface area contributed by atoms with E-state index in [2.05, 4.69) is 5.32 Å². The predicted octanol–water partition coefficient (Wildman–Crippen LogP) is 3.17. The van der Waals surface area contributed by atoms with Crippen LogP contribution in [0.15, 0.2) is 36.4 Å². The van der Waals surface area contributed by atoms with E-state index in [-0.39, 0.29) is 18.0 Å². The first-order valence-electron chi connectivity index (χ1n) is 9.04. The van der Waals surface area contributed by atoms with Gasteiger partial charge in [0.25, 0.3) is 11.6 Å². The summed E-state index contributed by atoms with van der Waals surface area (Å²) in [6.45, 7) is 6.79. The number of nitro groups is 1. The number of hydrogen-bond donors (Lipinski definition) is 1. The third-order valence-electron chi connectivity index (χ3n) is 5.37. The normalized spacial score (nSPS) is 18.7. The molecule has 2 aromatic carbocycles. The number of nitro benzene ring substituents is 1. The smallest absolute Gasteiger partial charge is 0.319 e. The molecule has 0 saturated carbocycles. The molecule has 29 heavy (non-hydrogen) atoms. The third-order valence-corrected chi connectivity index (χ3v) is 5.37. The molecule has 0 bridgehead atoms. The molecule has 0 spiro atoms. The highest BCUT2D eigenvalue weighted by Crippen LogP contribution is 2.30. The lowest BCUT2D eigenvalue weighted by Gasteiger charge is -2.22. The highest BCUT2D eigenvalue weighted by atomic mass is 16.6. The summed E-state index contributed by atoms with van der Waals surface area (Å²) in [6, 6.07) is 8.38. The Hall–Kier alpha value is -3.55. The zero-order chi connectivity index (χ0) is 21.5. The number of Topliss-reactive ketones (excluding diaryl/α,β-unsaturated/α-hetero) is 1. The standard InChI is InChI=1S/C21H21N3O5/c1-12-9-14(3)17(10-13(12)2)18(25)11-23-19(26)21(4,22-20(23)27)15-5-7-16(8-6-15)24(28)29/h5-10H,11H2,1-4H3,(H,22,27)/t21-/m0/s1. The van der Waals surface area contributed by atoms with Crippen molar-refractivity contribution in [1.29, 1.82) is 0 Å². The van der Waals surface area contributed by atoms with Gasteiger partial charge in [0.2, 0.25) is 0 Å². The van der Waals surface area contributed by atoms with E-state index in [9.17, 15) is 24.5 Å². The monoisotopic (exact) mass is 395 g/mol. The van der Waals surface area contributed by atoms with E-state index in [1.54, 1.807) is 6.07 Å². The first-order chi connectivity index (χ1) is 13.5. The van der Waals surface area contributed by atoms with E-state index in [0.717, 1.165) is 21.6 Å². The van der Waals surface area contributed by atoms with Crippen LogP contribution in [0.25, 0.3) is 0 Å². The maximum absolute atomic E-state index is 13.0. The molecule has 1 atom stereocenters. The number of hydrogen-bond acceptors (Lipinski definition) is 5. The molecular weight excluding hydrogens is 374 g/mol. The summed E-state index contributed by atoms with van der Waals surface area (Å²) in [7, 11) is 0. The summed E-state index contributed by atoms with van der Waals surface area (Å²) in [5.41, 5.74) is 2.14. The molecule has 3 amide bonds. The number of rotatable bonds is 5. The number of benzene rings is 2. The van der Waals surface area contributed by atoms with Crippen LogP contribution in [0, 0.1) is 30.9 Å². The number of ketones is 1. The van der Waals surface area contributed by atoms with Crippen molar-refractivity contribution in [2.45, 2.75) is 33.2 Å². The lowest BCUT2D eigenvalue weighted by atomic mass is 9.91. The van der Waals surface area contributed by atoms with E-state index in [4.69, 9.17) is 0 Å². The summed E-state index contributed by atoms with van der Waals surface area (Å²) >= 11 is 0. The number of amides is 3. The van der Waals surface area contributed by atoms with Gasteiger partial charge < -0.3 is 5.32 Å². The Labute approximate surface area is 167 Å². The van der Waals surface area contributed by atoms with Crippen LogP contribution in [0.1, 0.15) is 39.5 Å². The molecule has 1 N–H and O–H groups in total. The van der Waals surface area contributed by atoms with Crippen LogP contribution in [-0.2, 0) is 10.3 Å². The van der Waals surface area contributed by atoms with Gasteiger partial charge in [-0.2, -0.15) is 0 Å². The van der Waals surface area contributed by atoms with Crippen LogP contribution >= 0.6 is 0 Å². The molecule has 2 aromatic rings. The molecule has 8 heteroatoms. The van der Waals surface area contributed by atoms with Crippen LogP contribution in [0.3, 0.4) is 0 Å². The molecule has 1 fully saturated rings. The quantitative estimate of drug-likeness (QED) is 0.362. The van der Waals surface area contributed by atoms with Crippen molar-refractivity contribution in [2.24, 2.45) is 0 Å². The van der Waals surface area contributed by atoms with Crippen LogP contribution in [-0.4, -0.2) is 34.1 Å². The molecule has 1 saturated heterocycles. The Morgan fingerprint density at radius 3 is 2.24 bits per heavy atom. The van der Waals surface area contributed by atoms with Crippen LogP contribution < -0.4 is 5.32 Å². The van der Waals surface area contributed by atoms with Crippen molar-refractivity contribution in [1.82, 2.24) is 10.2 Å². The number of non-ortho nitro benzene ring substituents is 1. The van der Waals surface area contributed by atoms with Gasteiger partial charge in [0.05, 0.1) is 11.5 Å². The molecule has 150 valence electrons. The molecule has 0 unspecified atom stereocenters. The van der Waals surface area contributed by atoms with Gasteiger partial charge >= 0.3 is 6.03 Å². The molecule has 0 aliphatic carbocycles. The predicted molar refractivity (Wildman–Crippen MR) is 106 cm³/mol. The molecule has 0 radical (unpaired) electrons. The fourth-order valence-electron chi connectivity index (χ4n) is 3.44. The topological polar surface area (TPSA) is 110 Å². The Morgan fingerprint density at radius 1 is 1.07 bits per heavy atom. The lowest BCUT2D eigenvalue weighted by Crippen LogP contribution is -2.41. The second-order valence-corrected chi connectivity index (χ2v) is 7.42. The average Bonchev–Trinajstić information content (AvgIpc) is 2.88. The molecule has 1 heterocycles. The minimum Gasteiger partial charge on any atom is -0.319 e. The van der Waals surface area contributed by atoms with Crippen molar-refractivity contribution >= 4 is 23.4 Å². The maximum Gasteiger partial charge on any atom is 0.325 e. The summed E-state index contributed by atoms with van der Waals surface area (Å²) in [6.07, 6.45) is 0. The van der Waals surface area contributed by atoms with Gasteiger partial charge in [0, 0.05) is 17.7 Å². The number of carbonyl (C=O) groups is 3. The first-order valence-corrected chi connectivity index (χ1v) is 9.04. The Bertz CT molecular complexity index is 1050. The summed E-state index contributed by atoms with van der Waals surface area (Å²) in [5, 5.41) is 13.4. The van der Waals surface area contributed by atoms with Crippen molar-refractivity contribution in [3.8, 4) is 0 Å². The van der Waals surface area contributed by atoms with Crippen molar-refractivity contribution in [2.75, 3.05) is 6.54 Å². The molecular formula is C21H21N3O5. The zero-order valence-electron chi connectivity index (χ0n) is 16.6. The molecule has 0 aromatic heterocycles. The number of aryl methyl sites for hydroxylation is 3. The Morgan fingerprint density at radius 2 is 1.66 bits per heavy atom. The largest absolute Gasteiger partial charge is 0.325 e. The number of imide groups is 1. The number of carbonyl (C=O) groups excluding carboxylic acids is 3. The van der Waals surface area contributed by atoms with Crippen molar-refractivity contribution in [3.63, 3.8) is 0 Å². The van der Waals surface area contributed by atoms with Gasteiger partial charge in [0.15, 0.2) is 5.78 Å². The van der Waals surface area contributed by atoms with E-state index >= 15 is 0 Å². The number of nitrogens with zero attached hydrogens (tertiary/aromatic N) is 2. The molecule has 1 aliphatic heterocycles. The van der Waals surface area contributed by atoms with Gasteiger partial charge in [-0.1, -0.05) is 6.07 Å². The SMILES string of the molecule is Cc1cc(C)c(C(=O)CN2C(=O)N[C@@](C)(c3ccc([N+](=O)[O-])cc3)C2=O)cc1C. The Kier molecular flexibility index (Phi) is 4.96. The highest BCUT2D eigenvalue weighted by Gasteiger charge is 2.49. The van der Waals surface area contributed by atoms with Gasteiger partial charge in [0.1, 0.15) is 5.54 Å². The summed E-state index contributed by atoms with van der Waals surface area (Å²) in [5.74, 6) is -0.909. The second-order valence-electron chi connectivity index (χ2n) is 7.42. The fraction of sp³-hybridized carbons (Fsp3) is 0.286. The highest BCUT2D eigenvalue weighted by molar-refractivity contribution is 6.11. The summed E-state index contributed by atoms with van der Waals surface area (Å²) < 4.78 is 0. The zero-order valence-corrected chi connectivity index (χ0v) is 16.6. The van der Waals surface area contributed by atoms with Gasteiger partial charge in [-0.3, -0.25) is 24.6 Å². The van der Waals surface area contributed by atoms with Crippen LogP contribution in [0.4, 0.5) is 10.5 Å². The van der Waals surface area contributed by atoms with Gasteiger partial charge in [-0.05, 0) is 68.1 Å². The lowest BCUT2D eigenvalue weighted by molar-refractivity contribution is -0.384. The minimum absolute atomic E-state index is 0.119. The van der Waals surface area contributed by atoms with Gasteiger partial charge in [-0.15, -0.1) is 0 Å². The molecule has 8 nitrogen and oxygen atoms in total. The first kappa shape index (κ1) is 20.2. The van der Waals surface area contributed by atoms with Crippen molar-refractivity contribution < 1.29 is 19.3 Å². The Balaban J connectivity index is 1.86. The second kappa shape index (κ2) is 7.12. The fourth-order valence-corrected chi connectivity index (χ4v) is 3.44. The number of nitrogens with one attached hydrogen (secondary N) is 1. The summed E-state index contributed by atoms with van der Waals surface area (Å²) in [4.78, 5) is 49.4. The average molecular weight is 395 g/mol. The van der Waals surface area contributed by atoms with Crippen LogP contribution in [0.5, 0.6) is 0 Å². The number of urea groups is 1. The maximum atomic E-state index is 13.0. The van der Waals surface area contributed by atoms with Crippen molar-refractivity contribution in [3.05, 3.63) is 74.3 Å². The van der Waals surface area contributed by atoms with E-state index in [1.165, 1.54) is 31.2 Å². The third kappa shape index (κ3) is 3.49. The van der Waals surface area contributed by atoms with E-state index in [0.29, 0.717) is 11.1 Å². The molecule has 3 rings (SSSR count). The van der Waals surface area contributed by atoms with Gasteiger partial charge in [-0.25, -0.2) is 4.79 Å². The van der Waals surface area contributed by atoms with E-state index in [1.807, 2.05) is 26.8 Å². The minimum atomic E-state index is -1.40. The van der Waals surface area contributed by atoms with E-state index < -0.39 is 22.4 Å². The van der Waals surface area contributed by atoms with Crippen LogP contribution in [0.2, 0.25) is 0 Å². The molecule has 1 aliphatic rings.